The van der Waals surface area contributed by atoms with E-state index in [-0.39, 0.29) is 11.8 Å². The van der Waals surface area contributed by atoms with Crippen LogP contribution in [0.3, 0.4) is 0 Å². The van der Waals surface area contributed by atoms with Crippen molar-refractivity contribution in [1.82, 2.24) is 20.9 Å². The summed E-state index contributed by atoms with van der Waals surface area (Å²) in [7, 11) is 1.76. The first-order valence-corrected chi connectivity index (χ1v) is 9.60. The standard InChI is InChI=1S/C18H37N5O2/c1-5-19-18(21-10-9-20-17(24)15(2)3)22-16-7-12-23(13-8-16)11-6-14-25-4/h15-16H,5-14H2,1-4H3,(H,20,24)(H2,19,21,22). The maximum Gasteiger partial charge on any atom is 0.222 e. The molecule has 0 aliphatic carbocycles. The average Bonchev–Trinajstić information content (AvgIpc) is 2.60. The number of hydrogen-bond donors (Lipinski definition) is 3. The Morgan fingerprint density at radius 1 is 1.28 bits per heavy atom. The molecule has 0 aromatic heterocycles. The fourth-order valence-corrected chi connectivity index (χ4v) is 2.80. The number of aliphatic imine (C=N–C) groups is 1. The number of piperidine rings is 1. The van der Waals surface area contributed by atoms with Crippen LogP contribution in [-0.2, 0) is 9.53 Å². The molecular weight excluding hydrogens is 318 g/mol. The molecule has 0 saturated carbocycles. The maximum absolute atomic E-state index is 11.6. The fourth-order valence-electron chi connectivity index (χ4n) is 2.80. The van der Waals surface area contributed by atoms with Crippen molar-refractivity contribution in [2.24, 2.45) is 10.9 Å². The van der Waals surface area contributed by atoms with Gasteiger partial charge in [0.2, 0.25) is 5.91 Å². The molecule has 146 valence electrons. The summed E-state index contributed by atoms with van der Waals surface area (Å²) in [6.45, 7) is 12.0. The number of carbonyl (C=O) groups excluding carboxylic acids is 1. The summed E-state index contributed by atoms with van der Waals surface area (Å²) >= 11 is 0. The van der Waals surface area contributed by atoms with Crippen molar-refractivity contribution in [2.75, 3.05) is 53.0 Å². The molecule has 0 aromatic rings. The van der Waals surface area contributed by atoms with E-state index >= 15 is 0 Å². The van der Waals surface area contributed by atoms with Crippen molar-refractivity contribution >= 4 is 11.9 Å². The number of ether oxygens (including phenoxy) is 1. The van der Waals surface area contributed by atoms with E-state index in [1.807, 2.05) is 13.8 Å². The van der Waals surface area contributed by atoms with Gasteiger partial charge in [-0.05, 0) is 26.2 Å². The molecule has 1 amide bonds. The molecular formula is C18H37N5O2. The fraction of sp³-hybridized carbons (Fsp3) is 0.889. The summed E-state index contributed by atoms with van der Waals surface area (Å²) in [6.07, 6.45) is 3.35. The second-order valence-corrected chi connectivity index (χ2v) is 6.81. The van der Waals surface area contributed by atoms with Crippen molar-refractivity contribution in [3.63, 3.8) is 0 Å². The third-order valence-corrected chi connectivity index (χ3v) is 4.30. The topological polar surface area (TPSA) is 78.0 Å². The van der Waals surface area contributed by atoms with E-state index in [1.54, 1.807) is 7.11 Å². The van der Waals surface area contributed by atoms with E-state index in [0.29, 0.717) is 19.1 Å². The van der Waals surface area contributed by atoms with Crippen LogP contribution in [0.2, 0.25) is 0 Å². The van der Waals surface area contributed by atoms with Crippen molar-refractivity contribution in [3.8, 4) is 0 Å². The van der Waals surface area contributed by atoms with Gasteiger partial charge in [0.15, 0.2) is 5.96 Å². The summed E-state index contributed by atoms with van der Waals surface area (Å²) in [5.41, 5.74) is 0. The average molecular weight is 356 g/mol. The Kier molecular flexibility index (Phi) is 11.2. The zero-order valence-corrected chi connectivity index (χ0v) is 16.4. The van der Waals surface area contributed by atoms with Gasteiger partial charge in [-0.1, -0.05) is 13.8 Å². The Balaban J connectivity index is 2.30. The highest BCUT2D eigenvalue weighted by atomic mass is 16.5. The first-order chi connectivity index (χ1) is 12.1. The summed E-state index contributed by atoms with van der Waals surface area (Å²) < 4.78 is 5.12. The minimum absolute atomic E-state index is 0.0180. The largest absolute Gasteiger partial charge is 0.385 e. The molecule has 7 nitrogen and oxygen atoms in total. The Labute approximate surface area is 153 Å². The molecule has 1 aliphatic heterocycles. The van der Waals surface area contributed by atoms with Crippen LogP contribution in [-0.4, -0.2) is 75.8 Å². The first-order valence-electron chi connectivity index (χ1n) is 9.60. The number of guanidine groups is 1. The predicted octanol–water partition coefficient (Wildman–Crippen LogP) is 0.815. The van der Waals surface area contributed by atoms with Crippen molar-refractivity contribution in [2.45, 2.75) is 46.1 Å². The molecule has 1 heterocycles. The van der Waals surface area contributed by atoms with Crippen LogP contribution in [0.4, 0.5) is 0 Å². The van der Waals surface area contributed by atoms with Gasteiger partial charge in [-0.25, -0.2) is 0 Å². The van der Waals surface area contributed by atoms with Crippen LogP contribution in [0.1, 0.15) is 40.0 Å². The second kappa shape index (κ2) is 12.9. The number of likely N-dealkylation sites (tertiary alicyclic amines) is 1. The molecule has 1 aliphatic rings. The van der Waals surface area contributed by atoms with Crippen LogP contribution < -0.4 is 16.0 Å². The molecule has 1 saturated heterocycles. The lowest BCUT2D eigenvalue weighted by atomic mass is 10.1. The Morgan fingerprint density at radius 3 is 2.60 bits per heavy atom. The lowest BCUT2D eigenvalue weighted by Crippen LogP contribution is -2.49. The van der Waals surface area contributed by atoms with E-state index < -0.39 is 0 Å². The number of nitrogens with one attached hydrogen (secondary N) is 3. The predicted molar refractivity (Wildman–Crippen MR) is 103 cm³/mol. The van der Waals surface area contributed by atoms with Gasteiger partial charge in [-0.15, -0.1) is 0 Å². The highest BCUT2D eigenvalue weighted by Gasteiger charge is 2.19. The molecule has 0 atom stereocenters. The van der Waals surface area contributed by atoms with E-state index in [1.165, 1.54) is 0 Å². The number of rotatable bonds is 10. The number of amides is 1. The minimum Gasteiger partial charge on any atom is -0.385 e. The van der Waals surface area contributed by atoms with Crippen molar-refractivity contribution in [1.29, 1.82) is 0 Å². The van der Waals surface area contributed by atoms with Gasteiger partial charge in [0, 0.05) is 58.4 Å². The van der Waals surface area contributed by atoms with Gasteiger partial charge in [0.25, 0.3) is 0 Å². The van der Waals surface area contributed by atoms with Crippen molar-refractivity contribution < 1.29 is 9.53 Å². The summed E-state index contributed by atoms with van der Waals surface area (Å²) in [5.74, 6) is 0.942. The van der Waals surface area contributed by atoms with Crippen LogP contribution in [0.25, 0.3) is 0 Å². The SMILES string of the molecule is CCNC(=NCCNC(=O)C(C)C)NC1CCN(CCCOC)CC1. The van der Waals surface area contributed by atoms with Gasteiger partial charge in [-0.3, -0.25) is 9.79 Å². The van der Waals surface area contributed by atoms with Crippen LogP contribution in [0.5, 0.6) is 0 Å². The molecule has 0 aromatic carbocycles. The molecule has 0 spiro atoms. The van der Waals surface area contributed by atoms with E-state index in [0.717, 1.165) is 58.0 Å². The number of nitrogens with zero attached hydrogens (tertiary/aromatic N) is 2. The lowest BCUT2D eigenvalue weighted by Gasteiger charge is -2.33. The van der Waals surface area contributed by atoms with Gasteiger partial charge in [0.1, 0.15) is 0 Å². The summed E-state index contributed by atoms with van der Waals surface area (Å²) in [5, 5.41) is 9.72. The summed E-state index contributed by atoms with van der Waals surface area (Å²) in [6, 6.07) is 0.460. The third-order valence-electron chi connectivity index (χ3n) is 4.30. The second-order valence-electron chi connectivity index (χ2n) is 6.81. The van der Waals surface area contributed by atoms with E-state index in [2.05, 4.69) is 32.8 Å². The lowest BCUT2D eigenvalue weighted by molar-refractivity contribution is -0.123. The monoisotopic (exact) mass is 355 g/mol. The van der Waals surface area contributed by atoms with Crippen LogP contribution >= 0.6 is 0 Å². The quantitative estimate of drug-likeness (QED) is 0.307. The molecule has 25 heavy (non-hydrogen) atoms. The highest BCUT2D eigenvalue weighted by molar-refractivity contribution is 5.80. The number of methoxy groups -OCH3 is 1. The highest BCUT2D eigenvalue weighted by Crippen LogP contribution is 2.10. The first kappa shape index (κ1) is 21.7. The Bertz CT molecular complexity index is 393. The molecule has 0 unspecified atom stereocenters. The maximum atomic E-state index is 11.6. The number of carbonyl (C=O) groups is 1. The zero-order valence-electron chi connectivity index (χ0n) is 16.4. The zero-order chi connectivity index (χ0) is 18.5. The smallest absolute Gasteiger partial charge is 0.222 e. The molecule has 1 rings (SSSR count). The number of hydrogen-bond acceptors (Lipinski definition) is 4. The third kappa shape index (κ3) is 9.65. The molecule has 1 fully saturated rings. The van der Waals surface area contributed by atoms with Crippen molar-refractivity contribution in [3.05, 3.63) is 0 Å². The van der Waals surface area contributed by atoms with Gasteiger partial charge in [-0.2, -0.15) is 0 Å². The minimum atomic E-state index is 0.0180. The Morgan fingerprint density at radius 2 is 2.00 bits per heavy atom. The molecule has 0 radical (unpaired) electrons. The normalized spacial score (nSPS) is 16.9. The van der Waals surface area contributed by atoms with Crippen LogP contribution in [0.15, 0.2) is 4.99 Å². The van der Waals surface area contributed by atoms with Gasteiger partial charge < -0.3 is 25.6 Å². The van der Waals surface area contributed by atoms with E-state index in [4.69, 9.17) is 4.74 Å². The molecule has 3 N–H and O–H groups in total. The molecule has 0 bridgehead atoms. The molecule has 7 heteroatoms. The van der Waals surface area contributed by atoms with Gasteiger partial charge >= 0.3 is 0 Å². The van der Waals surface area contributed by atoms with Crippen LogP contribution in [0, 0.1) is 5.92 Å². The van der Waals surface area contributed by atoms with E-state index in [9.17, 15) is 4.79 Å². The Hall–Kier alpha value is -1.34. The summed E-state index contributed by atoms with van der Waals surface area (Å²) in [4.78, 5) is 18.6. The van der Waals surface area contributed by atoms with Gasteiger partial charge in [0.05, 0.1) is 6.54 Å².